The van der Waals surface area contributed by atoms with Gasteiger partial charge in [-0.05, 0) is 91.5 Å². The van der Waals surface area contributed by atoms with Gasteiger partial charge in [-0.2, -0.15) is 0 Å². The first-order chi connectivity index (χ1) is 16.2. The summed E-state index contributed by atoms with van der Waals surface area (Å²) in [6.07, 6.45) is 12.1. The van der Waals surface area contributed by atoms with Gasteiger partial charge < -0.3 is 19.0 Å². The fraction of sp³-hybridized carbons (Fsp3) is 0.414. The molecule has 0 spiro atoms. The molecule has 1 aromatic carbocycles. The topological polar surface area (TPSA) is 68.9 Å². The van der Waals surface area contributed by atoms with Crippen LogP contribution < -0.4 is 15.1 Å². The van der Waals surface area contributed by atoms with E-state index in [0.29, 0.717) is 17.7 Å². The maximum Gasteiger partial charge on any atom is 0.383 e. The molecule has 34 heavy (non-hydrogen) atoms. The summed E-state index contributed by atoms with van der Waals surface area (Å²) in [7, 11) is 0. The number of hydrogen-bond acceptors (Lipinski definition) is 5. The number of benzene rings is 1. The highest BCUT2D eigenvalue weighted by molar-refractivity contribution is 5.89. The van der Waals surface area contributed by atoms with Crippen molar-refractivity contribution in [2.24, 2.45) is 0 Å². The zero-order chi connectivity index (χ0) is 25.1. The molecule has 2 aromatic rings. The number of allylic oxidation sites excluding steroid dienone is 6. The van der Waals surface area contributed by atoms with Crippen LogP contribution in [-0.2, 0) is 0 Å². The van der Waals surface area contributed by atoms with Crippen LogP contribution in [0.5, 0.6) is 17.2 Å². The maximum atomic E-state index is 12.5. The van der Waals surface area contributed by atoms with Gasteiger partial charge in [0.1, 0.15) is 13.2 Å². The average molecular weight is 467 g/mol. The molecule has 0 aliphatic carbocycles. The first kappa shape index (κ1) is 27.0. The Morgan fingerprint density at radius 3 is 1.97 bits per heavy atom. The van der Waals surface area contributed by atoms with E-state index >= 15 is 0 Å². The summed E-state index contributed by atoms with van der Waals surface area (Å²) in [6.45, 7) is 12.9. The third-order valence-electron chi connectivity index (χ3n) is 5.34. The van der Waals surface area contributed by atoms with Crippen LogP contribution >= 0.6 is 0 Å². The van der Waals surface area contributed by atoms with Gasteiger partial charge in [-0.3, -0.25) is 0 Å². The molecule has 2 rings (SSSR count). The lowest BCUT2D eigenvalue weighted by Crippen LogP contribution is -2.08. The smallest absolute Gasteiger partial charge is 0.383 e. The molecule has 0 unspecified atom stereocenters. The van der Waals surface area contributed by atoms with Crippen molar-refractivity contribution < 1.29 is 19.0 Å². The molecule has 1 heterocycles. The minimum atomic E-state index is -0.731. The third kappa shape index (κ3) is 8.62. The molecule has 0 aliphatic rings. The predicted molar refractivity (Wildman–Crippen MR) is 140 cm³/mol. The molecule has 0 saturated heterocycles. The number of rotatable bonds is 12. The molecule has 0 saturated carbocycles. The molecule has 5 nitrogen and oxygen atoms in total. The van der Waals surface area contributed by atoms with Gasteiger partial charge in [0, 0.05) is 0 Å². The number of aromatic hydroxyl groups is 1. The summed E-state index contributed by atoms with van der Waals surface area (Å²) in [5.74, 6) is -0.0199. The zero-order valence-electron chi connectivity index (χ0n) is 21.4. The van der Waals surface area contributed by atoms with Crippen LogP contribution in [0.1, 0.15) is 67.2 Å². The van der Waals surface area contributed by atoms with Gasteiger partial charge in [-0.1, -0.05) is 40.5 Å². The van der Waals surface area contributed by atoms with Crippen molar-refractivity contribution in [3.05, 3.63) is 75.2 Å². The zero-order valence-corrected chi connectivity index (χ0v) is 21.4. The largest absolute Gasteiger partial charge is 0.504 e. The Labute approximate surface area is 203 Å². The van der Waals surface area contributed by atoms with Crippen LogP contribution in [0.4, 0.5) is 0 Å². The summed E-state index contributed by atoms with van der Waals surface area (Å²) in [5.41, 5.74) is 4.45. The quantitative estimate of drug-likeness (QED) is 0.257. The summed E-state index contributed by atoms with van der Waals surface area (Å²) in [4.78, 5) is 12.5. The van der Waals surface area contributed by atoms with Gasteiger partial charge in [0.15, 0.2) is 17.1 Å². The predicted octanol–water partition coefficient (Wildman–Crippen LogP) is 7.64. The van der Waals surface area contributed by atoms with Gasteiger partial charge in [0.2, 0.25) is 5.75 Å². The van der Waals surface area contributed by atoms with E-state index in [1.54, 1.807) is 18.2 Å². The van der Waals surface area contributed by atoms with Crippen molar-refractivity contribution in [2.75, 3.05) is 13.2 Å². The van der Waals surface area contributed by atoms with E-state index in [-0.39, 0.29) is 23.7 Å². The van der Waals surface area contributed by atoms with Crippen molar-refractivity contribution in [1.82, 2.24) is 0 Å². The average Bonchev–Trinajstić information content (AvgIpc) is 2.76. The van der Waals surface area contributed by atoms with Crippen LogP contribution in [-0.4, -0.2) is 18.3 Å². The lowest BCUT2D eigenvalue weighted by Gasteiger charge is -2.10. The summed E-state index contributed by atoms with van der Waals surface area (Å²) < 4.78 is 16.9. The van der Waals surface area contributed by atoms with Crippen LogP contribution in [0.25, 0.3) is 11.0 Å². The second-order valence-corrected chi connectivity index (χ2v) is 9.06. The Morgan fingerprint density at radius 2 is 1.41 bits per heavy atom. The Morgan fingerprint density at radius 1 is 0.853 bits per heavy atom. The Bertz CT molecular complexity index is 1140. The monoisotopic (exact) mass is 466 g/mol. The molecule has 0 fully saturated rings. The number of fused-ring (bicyclic) bond motifs is 1. The highest BCUT2D eigenvalue weighted by Gasteiger charge is 2.17. The number of para-hydroxylation sites is 1. The molecule has 1 aromatic heterocycles. The van der Waals surface area contributed by atoms with Gasteiger partial charge in [-0.25, -0.2) is 4.79 Å². The van der Waals surface area contributed by atoms with E-state index in [9.17, 15) is 9.90 Å². The molecule has 0 atom stereocenters. The van der Waals surface area contributed by atoms with Crippen molar-refractivity contribution in [1.29, 1.82) is 0 Å². The number of hydrogen-bond donors (Lipinski definition) is 1. The van der Waals surface area contributed by atoms with Crippen LogP contribution in [0.2, 0.25) is 0 Å². The highest BCUT2D eigenvalue weighted by atomic mass is 16.5. The van der Waals surface area contributed by atoms with Gasteiger partial charge >= 0.3 is 5.63 Å². The van der Waals surface area contributed by atoms with Gasteiger partial charge in [0.05, 0.1) is 5.39 Å². The van der Waals surface area contributed by atoms with E-state index < -0.39 is 5.63 Å². The molecule has 0 aliphatic heterocycles. The van der Waals surface area contributed by atoms with E-state index in [0.717, 1.165) is 31.3 Å². The second-order valence-electron chi connectivity index (χ2n) is 9.06. The molecule has 0 radical (unpaired) electrons. The molecule has 184 valence electrons. The van der Waals surface area contributed by atoms with Crippen LogP contribution in [0.3, 0.4) is 0 Å². The lowest BCUT2D eigenvalue weighted by molar-refractivity contribution is 0.313. The lowest BCUT2D eigenvalue weighted by atomic mass is 10.1. The second kappa shape index (κ2) is 13.5. The standard InChI is InChI=1S/C29H38O5/c1-20(2)10-7-12-22(5)16-18-32-25-15-9-14-24-26(30)28(29(31)34-27(24)25)33-19-17-23(6)13-8-11-21(3)4/h9-11,14-17,30H,7-8,12-13,18-19H2,1-6H3/b22-16+,23-17+. The SMILES string of the molecule is CC(C)=CCC/C(C)=C/COc1c(O)c2cccc(OC/C=C(\C)CCC=C(C)C)c2oc1=O. The minimum absolute atomic E-state index is 0.178. The first-order valence-corrected chi connectivity index (χ1v) is 11.8. The molecule has 0 amide bonds. The molecule has 5 heteroatoms. The van der Waals surface area contributed by atoms with E-state index in [2.05, 4.69) is 46.8 Å². The van der Waals surface area contributed by atoms with Crippen molar-refractivity contribution in [3.8, 4) is 17.2 Å². The van der Waals surface area contributed by atoms with Crippen LogP contribution in [0, 0.1) is 0 Å². The fourth-order valence-corrected chi connectivity index (χ4v) is 3.33. The van der Waals surface area contributed by atoms with E-state index in [1.807, 2.05) is 19.1 Å². The Balaban J connectivity index is 2.10. The molecular weight excluding hydrogens is 428 g/mol. The minimum Gasteiger partial charge on any atom is -0.504 e. The number of ether oxygens (including phenoxy) is 2. The van der Waals surface area contributed by atoms with Gasteiger partial charge in [-0.15, -0.1) is 0 Å². The van der Waals surface area contributed by atoms with Gasteiger partial charge in [0.25, 0.3) is 0 Å². The van der Waals surface area contributed by atoms with Crippen LogP contribution in [0.15, 0.2) is 74.0 Å². The van der Waals surface area contributed by atoms with Crippen molar-refractivity contribution in [3.63, 3.8) is 0 Å². The first-order valence-electron chi connectivity index (χ1n) is 11.8. The van der Waals surface area contributed by atoms with Crippen molar-refractivity contribution >= 4 is 11.0 Å². The maximum absolute atomic E-state index is 12.5. The molecule has 0 bridgehead atoms. The summed E-state index contributed by atoms with van der Waals surface area (Å²) in [6, 6.07) is 5.14. The fourth-order valence-electron chi connectivity index (χ4n) is 3.33. The van der Waals surface area contributed by atoms with E-state index in [1.165, 1.54) is 16.7 Å². The van der Waals surface area contributed by atoms with Crippen molar-refractivity contribution in [2.45, 2.75) is 67.2 Å². The third-order valence-corrected chi connectivity index (χ3v) is 5.34. The normalized spacial score (nSPS) is 11.9. The summed E-state index contributed by atoms with van der Waals surface area (Å²) >= 11 is 0. The Hall–Kier alpha value is -3.21. The van der Waals surface area contributed by atoms with E-state index in [4.69, 9.17) is 13.9 Å². The summed E-state index contributed by atoms with van der Waals surface area (Å²) in [5, 5.41) is 11.1. The molecule has 1 N–H and O–H groups in total. The molecular formula is C29H38O5. The Kier molecular flexibility index (Phi) is 10.7. The highest BCUT2D eigenvalue weighted by Crippen LogP contribution is 2.35.